The van der Waals surface area contributed by atoms with Gasteiger partial charge in [0.1, 0.15) is 5.78 Å². The topological polar surface area (TPSA) is 184 Å². The van der Waals surface area contributed by atoms with Crippen LogP contribution in [0.4, 0.5) is 0 Å². The number of amides is 2. The number of nitrogens with one attached hydrogen (secondary N) is 1. The van der Waals surface area contributed by atoms with E-state index in [1.54, 1.807) is 12.3 Å². The lowest BCUT2D eigenvalue weighted by Gasteiger charge is -2.23. The van der Waals surface area contributed by atoms with Gasteiger partial charge in [0.05, 0.1) is 12.0 Å². The molecule has 0 radical (unpaired) electrons. The minimum absolute atomic E-state index is 0.0375. The van der Waals surface area contributed by atoms with Crippen LogP contribution in [0.1, 0.15) is 148 Å². The molecule has 0 unspecified atom stereocenters. The van der Waals surface area contributed by atoms with Gasteiger partial charge in [0.2, 0.25) is 11.8 Å². The number of carbonyl (C=O) groups is 4. The fourth-order valence-electron chi connectivity index (χ4n) is 6.11. The Kier molecular flexibility index (Phi) is 23.7. The molecule has 2 amide bonds. The maximum absolute atomic E-state index is 13.7. The number of pyridine rings is 1. The molecule has 0 aliphatic rings. The molecular weight excluding hydrogens is 604 g/mol. The third-order valence-electron chi connectivity index (χ3n) is 8.84. The average molecular weight is 671 g/mol. The van der Waals surface area contributed by atoms with Gasteiger partial charge in [-0.15, -0.1) is 0 Å². The van der Waals surface area contributed by atoms with Gasteiger partial charge in [-0.05, 0) is 43.7 Å². The summed E-state index contributed by atoms with van der Waals surface area (Å²) in [6.07, 6.45) is 19.6. The molecule has 0 spiro atoms. The molecule has 10 heteroatoms. The third kappa shape index (κ3) is 21.5. The summed E-state index contributed by atoms with van der Waals surface area (Å²) in [6, 6.07) is 4.62. The Morgan fingerprint density at radius 3 is 1.92 bits per heavy atom. The van der Waals surface area contributed by atoms with Crippen LogP contribution >= 0.6 is 0 Å². The van der Waals surface area contributed by atoms with Gasteiger partial charge in [-0.1, -0.05) is 104 Å². The molecule has 10 nitrogen and oxygen atoms in total. The normalized spacial score (nSPS) is 13.1. The second-order valence-electron chi connectivity index (χ2n) is 13.9. The summed E-state index contributed by atoms with van der Waals surface area (Å²) in [4.78, 5) is 60.8. The van der Waals surface area contributed by atoms with Crippen molar-refractivity contribution in [2.24, 2.45) is 39.9 Å². The molecule has 272 valence electrons. The fourth-order valence-corrected chi connectivity index (χ4v) is 6.11. The van der Waals surface area contributed by atoms with E-state index in [-0.39, 0.29) is 55.0 Å². The predicted octanol–water partition coefficient (Wildman–Crippen LogP) is 6.33. The number of Topliss-reactive ketones (excluding diaryl/α,β-unsaturated/α-hetero) is 2. The van der Waals surface area contributed by atoms with Crippen molar-refractivity contribution >= 4 is 29.3 Å². The molecule has 7 N–H and O–H groups in total. The summed E-state index contributed by atoms with van der Waals surface area (Å²) in [5, 5.41) is 2.91. The van der Waals surface area contributed by atoms with E-state index in [0.717, 1.165) is 19.3 Å². The molecule has 48 heavy (non-hydrogen) atoms. The maximum Gasteiger partial charge on any atom is 0.224 e. The van der Waals surface area contributed by atoms with Crippen molar-refractivity contribution in [2.45, 2.75) is 155 Å². The molecule has 1 heterocycles. The van der Waals surface area contributed by atoms with E-state index >= 15 is 0 Å². The SMILES string of the molecule is CCCCCCCCCCCCCCCC(=O)C[C@H](Cc1ccccn1)C(=O)N[C@@H](CCCN=C(N)N)C(=O)C[C@@H](CC(C)C)C(N)=O. The summed E-state index contributed by atoms with van der Waals surface area (Å²) in [5.41, 5.74) is 17.2. The van der Waals surface area contributed by atoms with Gasteiger partial charge in [0.25, 0.3) is 0 Å². The molecule has 0 bridgehead atoms. The molecular formula is C38H66N6O4. The first kappa shape index (κ1) is 42.7. The second-order valence-corrected chi connectivity index (χ2v) is 13.9. The van der Waals surface area contributed by atoms with Gasteiger partial charge in [-0.2, -0.15) is 0 Å². The van der Waals surface area contributed by atoms with Crippen LogP contribution in [0.15, 0.2) is 29.4 Å². The number of guanidine groups is 1. The van der Waals surface area contributed by atoms with Crippen LogP contribution in [-0.2, 0) is 25.6 Å². The van der Waals surface area contributed by atoms with Crippen molar-refractivity contribution in [3.8, 4) is 0 Å². The number of nitrogens with two attached hydrogens (primary N) is 3. The molecule has 0 saturated heterocycles. The Bertz CT molecular complexity index is 1070. The number of hydrogen-bond acceptors (Lipinski definition) is 6. The Labute approximate surface area is 290 Å². The molecule has 0 saturated carbocycles. The Morgan fingerprint density at radius 1 is 0.792 bits per heavy atom. The number of rotatable bonds is 30. The number of nitrogens with zero attached hydrogens (tertiary/aromatic N) is 2. The standard InChI is InChI=1S/C38H66N6O4/c1-4-5-6-7-8-9-10-11-12-13-14-15-16-21-33(45)27-31(26-32-20-17-18-23-42-32)37(48)44-34(22-19-24-43-38(40)41)35(46)28-30(36(39)47)25-29(2)3/h17-18,20,23,29-31,34H,4-16,19,21-22,24-28H2,1-3H3,(H2,39,47)(H,44,48)(H4,40,41,43)/t30-,31+,34+/m1/s1. The number of aromatic nitrogens is 1. The van der Waals surface area contributed by atoms with Crippen LogP contribution in [0.5, 0.6) is 0 Å². The highest BCUT2D eigenvalue weighted by Gasteiger charge is 2.30. The van der Waals surface area contributed by atoms with E-state index in [9.17, 15) is 19.2 Å². The molecule has 3 atom stereocenters. The third-order valence-corrected chi connectivity index (χ3v) is 8.84. The van der Waals surface area contributed by atoms with E-state index < -0.39 is 23.8 Å². The molecule has 1 aromatic rings. The number of unbranched alkanes of at least 4 members (excludes halogenated alkanes) is 12. The van der Waals surface area contributed by atoms with Crippen molar-refractivity contribution in [3.05, 3.63) is 30.1 Å². The zero-order valence-electron chi connectivity index (χ0n) is 30.2. The average Bonchev–Trinajstić information content (AvgIpc) is 3.04. The lowest BCUT2D eigenvalue weighted by molar-refractivity contribution is -0.133. The Hall–Kier alpha value is -3.30. The van der Waals surface area contributed by atoms with Gasteiger partial charge in [-0.25, -0.2) is 0 Å². The second kappa shape index (κ2) is 26.6. The lowest BCUT2D eigenvalue weighted by atomic mass is 9.88. The Balaban J connectivity index is 2.75. The van der Waals surface area contributed by atoms with E-state index in [0.29, 0.717) is 31.5 Å². The summed E-state index contributed by atoms with van der Waals surface area (Å²) < 4.78 is 0. The van der Waals surface area contributed by atoms with Crippen molar-refractivity contribution in [1.29, 1.82) is 0 Å². The van der Waals surface area contributed by atoms with Crippen LogP contribution in [0.2, 0.25) is 0 Å². The van der Waals surface area contributed by atoms with Crippen molar-refractivity contribution in [3.63, 3.8) is 0 Å². The van der Waals surface area contributed by atoms with Gasteiger partial charge < -0.3 is 22.5 Å². The van der Waals surface area contributed by atoms with Crippen LogP contribution in [-0.4, -0.2) is 46.9 Å². The van der Waals surface area contributed by atoms with Gasteiger partial charge in [-0.3, -0.25) is 29.2 Å². The first-order valence-corrected chi connectivity index (χ1v) is 18.6. The first-order chi connectivity index (χ1) is 23.0. The van der Waals surface area contributed by atoms with Crippen LogP contribution < -0.4 is 22.5 Å². The lowest BCUT2D eigenvalue weighted by Crippen LogP contribution is -2.45. The summed E-state index contributed by atoms with van der Waals surface area (Å²) >= 11 is 0. The molecule has 0 fully saturated rings. The number of primary amides is 1. The summed E-state index contributed by atoms with van der Waals surface area (Å²) in [5.74, 6) is -2.32. The largest absolute Gasteiger partial charge is 0.370 e. The zero-order valence-corrected chi connectivity index (χ0v) is 30.2. The van der Waals surface area contributed by atoms with Crippen LogP contribution in [0, 0.1) is 17.8 Å². The van der Waals surface area contributed by atoms with E-state index in [2.05, 4.69) is 22.2 Å². The highest BCUT2D eigenvalue weighted by atomic mass is 16.2. The minimum atomic E-state index is -0.858. The van der Waals surface area contributed by atoms with Crippen molar-refractivity contribution in [1.82, 2.24) is 10.3 Å². The quantitative estimate of drug-likeness (QED) is 0.0419. The van der Waals surface area contributed by atoms with Crippen molar-refractivity contribution < 1.29 is 19.2 Å². The van der Waals surface area contributed by atoms with Crippen LogP contribution in [0.3, 0.4) is 0 Å². The highest BCUT2D eigenvalue weighted by Crippen LogP contribution is 2.20. The van der Waals surface area contributed by atoms with Crippen LogP contribution in [0.25, 0.3) is 0 Å². The number of carbonyl (C=O) groups excluding carboxylic acids is 4. The molecule has 0 aliphatic heterocycles. The van der Waals surface area contributed by atoms with E-state index in [1.807, 2.05) is 26.0 Å². The number of ketones is 2. The number of hydrogen-bond donors (Lipinski definition) is 4. The molecule has 0 aliphatic carbocycles. The first-order valence-electron chi connectivity index (χ1n) is 18.6. The fraction of sp³-hybridized carbons (Fsp3) is 0.737. The van der Waals surface area contributed by atoms with Gasteiger partial charge in [0, 0.05) is 50.0 Å². The predicted molar refractivity (Wildman–Crippen MR) is 195 cm³/mol. The minimum Gasteiger partial charge on any atom is -0.370 e. The Morgan fingerprint density at radius 2 is 1.40 bits per heavy atom. The maximum atomic E-state index is 13.7. The van der Waals surface area contributed by atoms with E-state index in [1.165, 1.54) is 64.2 Å². The molecule has 1 aromatic heterocycles. The van der Waals surface area contributed by atoms with Gasteiger partial charge in [0.15, 0.2) is 11.7 Å². The molecule has 1 rings (SSSR count). The number of aliphatic imine (C=N–C) groups is 1. The van der Waals surface area contributed by atoms with E-state index in [4.69, 9.17) is 17.2 Å². The smallest absolute Gasteiger partial charge is 0.224 e. The van der Waals surface area contributed by atoms with Crippen molar-refractivity contribution in [2.75, 3.05) is 6.54 Å². The van der Waals surface area contributed by atoms with Gasteiger partial charge >= 0.3 is 0 Å². The summed E-state index contributed by atoms with van der Waals surface area (Å²) in [6.45, 7) is 6.47. The molecule has 0 aromatic carbocycles. The monoisotopic (exact) mass is 671 g/mol. The highest BCUT2D eigenvalue weighted by molar-refractivity contribution is 5.93. The summed E-state index contributed by atoms with van der Waals surface area (Å²) in [7, 11) is 0. The zero-order chi connectivity index (χ0) is 35.6.